The van der Waals surface area contributed by atoms with E-state index in [1.807, 2.05) is 0 Å². The first-order valence-corrected chi connectivity index (χ1v) is 16.9. The molecule has 0 aliphatic rings. The van der Waals surface area contributed by atoms with Crippen molar-refractivity contribution in [2.75, 3.05) is 31.6 Å². The molecule has 17 heteroatoms. The van der Waals surface area contributed by atoms with E-state index in [1.165, 1.54) is 43.3 Å². The van der Waals surface area contributed by atoms with Crippen LogP contribution in [0.25, 0.3) is 10.8 Å². The number of fused-ring (bicyclic) bond motifs is 1. The number of carbonyl (C=O) groups excluding carboxylic acids is 1. The van der Waals surface area contributed by atoms with Crippen molar-refractivity contribution < 1.29 is 41.5 Å². The molecule has 0 spiro atoms. The molecule has 47 heavy (non-hydrogen) atoms. The van der Waals surface area contributed by atoms with Gasteiger partial charge in [-0.1, -0.05) is 12.1 Å². The van der Waals surface area contributed by atoms with E-state index in [-0.39, 0.29) is 34.4 Å². The molecule has 0 aliphatic heterocycles. The van der Waals surface area contributed by atoms with Gasteiger partial charge in [0, 0.05) is 25.4 Å². The Morgan fingerprint density at radius 3 is 1.94 bits per heavy atom. The summed E-state index contributed by atoms with van der Waals surface area (Å²) >= 11 is 0. The predicted octanol–water partition coefficient (Wildman–Crippen LogP) is 5.17. The highest BCUT2D eigenvalue weighted by Crippen LogP contribution is 2.44. The van der Waals surface area contributed by atoms with Crippen LogP contribution in [-0.2, 0) is 24.9 Å². The first-order chi connectivity index (χ1) is 22.2. The van der Waals surface area contributed by atoms with Crippen molar-refractivity contribution in [2.45, 2.75) is 30.6 Å². The molecule has 0 saturated heterocycles. The molecule has 0 aliphatic carbocycles. The van der Waals surface area contributed by atoms with Crippen molar-refractivity contribution in [3.8, 4) is 5.75 Å². The number of hydrogen-bond donors (Lipinski definition) is 5. The lowest BCUT2D eigenvalue weighted by atomic mass is 10.1. The van der Waals surface area contributed by atoms with Crippen LogP contribution >= 0.6 is 0 Å². The van der Waals surface area contributed by atoms with Gasteiger partial charge in [-0.2, -0.15) is 28.1 Å². The lowest BCUT2D eigenvalue weighted by Gasteiger charge is -2.20. The number of amides is 1. The van der Waals surface area contributed by atoms with E-state index < -0.39 is 55.6 Å². The zero-order chi connectivity index (χ0) is 34.5. The molecule has 0 radical (unpaired) electrons. The number of carbonyl (C=O) groups is 1. The average molecular weight is 685 g/mol. The van der Waals surface area contributed by atoms with Crippen molar-refractivity contribution in [3.63, 3.8) is 0 Å². The van der Waals surface area contributed by atoms with Gasteiger partial charge in [-0.15, -0.1) is 5.11 Å². The highest BCUT2D eigenvalue weighted by atomic mass is 32.2. The van der Waals surface area contributed by atoms with Gasteiger partial charge in [-0.3, -0.25) is 9.35 Å². The molecule has 248 valence electrons. The topological polar surface area (TPSA) is 231 Å². The first kappa shape index (κ1) is 35.2. The fourth-order valence-corrected chi connectivity index (χ4v) is 6.69. The Balaban J connectivity index is 1.65. The van der Waals surface area contributed by atoms with Gasteiger partial charge in [0.1, 0.15) is 10.6 Å². The quantitative estimate of drug-likeness (QED) is 0.0977. The number of benzene rings is 4. The largest absolute Gasteiger partial charge is 0.505 e. The van der Waals surface area contributed by atoms with Crippen LogP contribution < -0.4 is 5.32 Å². The van der Waals surface area contributed by atoms with Gasteiger partial charge in [-0.05, 0) is 78.9 Å². The number of nitrogens with one attached hydrogen (secondary N) is 1. The number of azo groups is 2. The molecule has 0 fully saturated rings. The number of phenols is 1. The number of phenolic OH excluding ortho intramolecular Hbond substituents is 1. The molecule has 1 amide bonds. The third-order valence-electron chi connectivity index (χ3n) is 6.89. The highest BCUT2D eigenvalue weighted by Gasteiger charge is 2.25. The van der Waals surface area contributed by atoms with Crippen LogP contribution in [0.15, 0.2) is 90.9 Å². The van der Waals surface area contributed by atoms with E-state index >= 15 is 0 Å². The number of hydrogen-bond acceptors (Lipinski definition) is 12. The van der Waals surface area contributed by atoms with Gasteiger partial charge in [0.2, 0.25) is 15.9 Å². The van der Waals surface area contributed by atoms with Gasteiger partial charge in [-0.25, -0.2) is 8.42 Å². The molecule has 0 unspecified atom stereocenters. The van der Waals surface area contributed by atoms with Gasteiger partial charge >= 0.3 is 0 Å². The van der Waals surface area contributed by atoms with Gasteiger partial charge in [0.25, 0.3) is 10.1 Å². The van der Waals surface area contributed by atoms with Crippen molar-refractivity contribution in [1.82, 2.24) is 4.31 Å². The predicted molar refractivity (Wildman–Crippen MR) is 173 cm³/mol. The maximum atomic E-state index is 12.8. The van der Waals surface area contributed by atoms with Crippen LogP contribution in [0.1, 0.15) is 18.1 Å². The monoisotopic (exact) mass is 684 g/mol. The minimum atomic E-state index is -4.85. The van der Waals surface area contributed by atoms with E-state index in [0.717, 1.165) is 10.4 Å². The molecule has 0 bridgehead atoms. The second-order valence-electron chi connectivity index (χ2n) is 10.3. The van der Waals surface area contributed by atoms with E-state index in [0.29, 0.717) is 28.2 Å². The van der Waals surface area contributed by atoms with Crippen molar-refractivity contribution in [2.24, 2.45) is 20.5 Å². The molecule has 5 N–H and O–H groups in total. The molecule has 0 atom stereocenters. The van der Waals surface area contributed by atoms with E-state index in [1.54, 1.807) is 32.0 Å². The Morgan fingerprint density at radius 2 is 1.40 bits per heavy atom. The third kappa shape index (κ3) is 8.02. The summed E-state index contributed by atoms with van der Waals surface area (Å²) in [6, 6.07) is 14.5. The number of anilines is 1. The summed E-state index contributed by atoms with van der Waals surface area (Å²) in [4.78, 5) is 11.0. The zero-order valence-corrected chi connectivity index (χ0v) is 27.1. The maximum absolute atomic E-state index is 12.8. The Morgan fingerprint density at radius 1 is 0.830 bits per heavy atom. The summed E-state index contributed by atoms with van der Waals surface area (Å²) in [6.07, 6.45) is 0. The minimum Gasteiger partial charge on any atom is -0.505 e. The minimum absolute atomic E-state index is 0.0407. The Bertz CT molecular complexity index is 2090. The smallest absolute Gasteiger partial charge is 0.296 e. The SMILES string of the molecule is CC(=O)Nc1cccc2cc(S(=O)(=O)O)c(N=Nc3cc(C)c(N=Nc4ccc(S(=O)(=O)N(CCO)CCO)cc4)cc3C)c(O)c12. The molecule has 4 rings (SSSR count). The lowest BCUT2D eigenvalue weighted by Crippen LogP contribution is -2.35. The number of aryl methyl sites for hydroxylation is 2. The van der Waals surface area contributed by atoms with Gasteiger partial charge < -0.3 is 20.6 Å². The Labute approximate surface area is 270 Å². The summed E-state index contributed by atoms with van der Waals surface area (Å²) in [5.41, 5.74) is 1.92. The molecule has 0 aromatic heterocycles. The van der Waals surface area contributed by atoms with E-state index in [4.69, 9.17) is 0 Å². The molecule has 15 nitrogen and oxygen atoms in total. The number of aliphatic hydroxyl groups is 2. The molecular weight excluding hydrogens is 652 g/mol. The second kappa shape index (κ2) is 14.4. The standard InChI is InChI=1S/C30H32N6O9S2/c1-18-16-26(34-35-29-27(47(43,44)45)17-21-5-4-6-24(31-20(3)39)28(21)30(29)40)19(2)15-25(18)33-32-22-7-9-23(10-8-22)46(41,42)36(11-13-37)12-14-38/h4-10,15-17,37-38,40H,11-14H2,1-3H3,(H,31,39)(H,43,44,45). The van der Waals surface area contributed by atoms with Crippen LogP contribution in [-0.4, -0.2) is 73.2 Å². The van der Waals surface area contributed by atoms with Crippen molar-refractivity contribution in [1.29, 1.82) is 0 Å². The van der Waals surface area contributed by atoms with Gasteiger partial charge in [0.15, 0.2) is 5.75 Å². The zero-order valence-electron chi connectivity index (χ0n) is 25.5. The Kier molecular flexibility index (Phi) is 10.8. The average Bonchev–Trinajstić information content (AvgIpc) is 3.00. The summed E-state index contributed by atoms with van der Waals surface area (Å²) in [5.74, 6) is -1.04. The highest BCUT2D eigenvalue weighted by molar-refractivity contribution is 7.89. The molecule has 4 aromatic rings. The Hall–Kier alpha value is -4.65. The normalized spacial score (nSPS) is 12.5. The third-order valence-corrected chi connectivity index (χ3v) is 9.67. The van der Waals surface area contributed by atoms with Crippen LogP contribution in [0.3, 0.4) is 0 Å². The number of nitrogens with zero attached hydrogens (tertiary/aromatic N) is 5. The van der Waals surface area contributed by atoms with Crippen LogP contribution in [0.5, 0.6) is 5.75 Å². The lowest BCUT2D eigenvalue weighted by molar-refractivity contribution is -0.114. The summed E-state index contributed by atoms with van der Waals surface area (Å²) in [7, 11) is -8.79. The molecule has 4 aromatic carbocycles. The summed E-state index contributed by atoms with van der Waals surface area (Å²) in [6.45, 7) is 3.56. The summed E-state index contributed by atoms with van der Waals surface area (Å²) < 4.78 is 61.0. The van der Waals surface area contributed by atoms with Crippen LogP contribution in [0.2, 0.25) is 0 Å². The molecule has 0 saturated carbocycles. The number of sulfonamides is 1. The van der Waals surface area contributed by atoms with Crippen molar-refractivity contribution >= 4 is 65.3 Å². The number of aliphatic hydroxyl groups excluding tert-OH is 2. The second-order valence-corrected chi connectivity index (χ2v) is 13.6. The van der Waals surface area contributed by atoms with Crippen LogP contribution in [0, 0.1) is 13.8 Å². The first-order valence-electron chi connectivity index (χ1n) is 14.0. The molecular formula is C30H32N6O9S2. The van der Waals surface area contributed by atoms with Gasteiger partial charge in [0.05, 0.1) is 40.9 Å². The van der Waals surface area contributed by atoms with E-state index in [2.05, 4.69) is 25.8 Å². The fourth-order valence-electron chi connectivity index (χ4n) is 4.61. The van der Waals surface area contributed by atoms with Crippen molar-refractivity contribution in [3.05, 3.63) is 71.8 Å². The fraction of sp³-hybridized carbons (Fsp3) is 0.233. The van der Waals surface area contributed by atoms with Crippen LogP contribution in [0.4, 0.5) is 28.4 Å². The summed E-state index contributed by atoms with van der Waals surface area (Å²) in [5, 5.41) is 48.9. The maximum Gasteiger partial charge on any atom is 0.296 e. The number of rotatable bonds is 12. The van der Waals surface area contributed by atoms with E-state index in [9.17, 15) is 41.5 Å². The number of aromatic hydroxyl groups is 1. The molecule has 0 heterocycles.